The SMILES string of the molecule is C=CC(NCC)c1ccc(C)c(C)c1. The molecule has 0 fully saturated rings. The smallest absolute Gasteiger partial charge is 0.0503 e. The molecule has 0 aliphatic rings. The molecular formula is C13H19N. The van der Waals surface area contributed by atoms with Crippen molar-refractivity contribution in [1.29, 1.82) is 0 Å². The van der Waals surface area contributed by atoms with Crippen LogP contribution in [0.3, 0.4) is 0 Å². The zero-order valence-corrected chi connectivity index (χ0v) is 9.30. The molecule has 1 aromatic rings. The van der Waals surface area contributed by atoms with Crippen molar-refractivity contribution < 1.29 is 0 Å². The first kappa shape index (κ1) is 11.0. The summed E-state index contributed by atoms with van der Waals surface area (Å²) in [6.45, 7) is 11.2. The van der Waals surface area contributed by atoms with Crippen molar-refractivity contribution in [1.82, 2.24) is 5.32 Å². The van der Waals surface area contributed by atoms with Crippen molar-refractivity contribution >= 4 is 0 Å². The Balaban J connectivity index is 2.93. The molecule has 0 saturated heterocycles. The number of benzene rings is 1. The van der Waals surface area contributed by atoms with Gasteiger partial charge in [0.05, 0.1) is 6.04 Å². The van der Waals surface area contributed by atoms with Crippen molar-refractivity contribution in [3.63, 3.8) is 0 Å². The Bertz CT molecular complexity index is 315. The molecule has 0 spiro atoms. The molecule has 0 aromatic heterocycles. The van der Waals surface area contributed by atoms with Gasteiger partial charge in [-0.05, 0) is 37.1 Å². The third kappa shape index (κ3) is 2.46. The van der Waals surface area contributed by atoms with Crippen LogP contribution in [0.15, 0.2) is 30.9 Å². The van der Waals surface area contributed by atoms with E-state index >= 15 is 0 Å². The van der Waals surface area contributed by atoms with Crippen LogP contribution in [0.25, 0.3) is 0 Å². The van der Waals surface area contributed by atoms with Crippen LogP contribution in [-0.4, -0.2) is 6.54 Å². The lowest BCUT2D eigenvalue weighted by atomic mass is 10.0. The summed E-state index contributed by atoms with van der Waals surface area (Å²) in [4.78, 5) is 0. The lowest BCUT2D eigenvalue weighted by Gasteiger charge is -2.15. The topological polar surface area (TPSA) is 12.0 Å². The summed E-state index contributed by atoms with van der Waals surface area (Å²) in [6.07, 6.45) is 1.95. The minimum absolute atomic E-state index is 0.277. The van der Waals surface area contributed by atoms with E-state index in [-0.39, 0.29) is 6.04 Å². The first-order chi connectivity index (χ1) is 6.69. The van der Waals surface area contributed by atoms with Crippen LogP contribution in [0.2, 0.25) is 0 Å². The second kappa shape index (κ2) is 4.97. The molecule has 0 aliphatic heterocycles. The van der Waals surface area contributed by atoms with Gasteiger partial charge in [-0.15, -0.1) is 6.58 Å². The summed E-state index contributed by atoms with van der Waals surface area (Å²) in [5.74, 6) is 0. The quantitative estimate of drug-likeness (QED) is 0.717. The van der Waals surface area contributed by atoms with E-state index in [1.807, 2.05) is 6.08 Å². The molecule has 1 rings (SSSR count). The van der Waals surface area contributed by atoms with Gasteiger partial charge in [-0.25, -0.2) is 0 Å². The summed E-state index contributed by atoms with van der Waals surface area (Å²) >= 11 is 0. The van der Waals surface area contributed by atoms with Gasteiger partial charge >= 0.3 is 0 Å². The maximum absolute atomic E-state index is 3.85. The van der Waals surface area contributed by atoms with Gasteiger partial charge in [0.1, 0.15) is 0 Å². The first-order valence-electron chi connectivity index (χ1n) is 5.12. The molecule has 14 heavy (non-hydrogen) atoms. The Labute approximate surface area is 86.8 Å². The largest absolute Gasteiger partial charge is 0.307 e. The van der Waals surface area contributed by atoms with E-state index in [0.717, 1.165) is 6.54 Å². The molecular weight excluding hydrogens is 170 g/mol. The van der Waals surface area contributed by atoms with Gasteiger partial charge in [-0.2, -0.15) is 0 Å². The zero-order valence-electron chi connectivity index (χ0n) is 9.30. The zero-order chi connectivity index (χ0) is 10.6. The van der Waals surface area contributed by atoms with Crippen molar-refractivity contribution in [3.8, 4) is 0 Å². The average molecular weight is 189 g/mol. The highest BCUT2D eigenvalue weighted by molar-refractivity contribution is 5.33. The minimum Gasteiger partial charge on any atom is -0.307 e. The molecule has 0 aliphatic carbocycles. The summed E-state index contributed by atoms with van der Waals surface area (Å²) < 4.78 is 0. The maximum atomic E-state index is 3.85. The fourth-order valence-electron chi connectivity index (χ4n) is 1.52. The van der Waals surface area contributed by atoms with E-state index < -0.39 is 0 Å². The van der Waals surface area contributed by atoms with Crippen LogP contribution >= 0.6 is 0 Å². The fraction of sp³-hybridized carbons (Fsp3) is 0.385. The molecule has 1 atom stereocenters. The van der Waals surface area contributed by atoms with Crippen LogP contribution in [0.4, 0.5) is 0 Å². The second-order valence-electron chi connectivity index (χ2n) is 3.61. The number of rotatable bonds is 4. The van der Waals surface area contributed by atoms with Gasteiger partial charge in [-0.1, -0.05) is 31.2 Å². The first-order valence-corrected chi connectivity index (χ1v) is 5.12. The molecule has 1 aromatic carbocycles. The summed E-state index contributed by atoms with van der Waals surface area (Å²) in [6, 6.07) is 6.83. The Morgan fingerprint density at radius 2 is 2.07 bits per heavy atom. The molecule has 0 bridgehead atoms. The normalized spacial score (nSPS) is 12.5. The highest BCUT2D eigenvalue weighted by Gasteiger charge is 2.05. The van der Waals surface area contributed by atoms with Crippen LogP contribution in [-0.2, 0) is 0 Å². The molecule has 0 amide bonds. The molecule has 0 heterocycles. The van der Waals surface area contributed by atoms with E-state index in [9.17, 15) is 0 Å². The summed E-state index contributed by atoms with van der Waals surface area (Å²) in [5, 5.41) is 3.38. The number of hydrogen-bond donors (Lipinski definition) is 1. The van der Waals surface area contributed by atoms with E-state index in [1.165, 1.54) is 16.7 Å². The highest BCUT2D eigenvalue weighted by Crippen LogP contribution is 2.17. The molecule has 1 N–H and O–H groups in total. The molecule has 76 valence electrons. The van der Waals surface area contributed by atoms with Crippen LogP contribution < -0.4 is 5.32 Å². The second-order valence-corrected chi connectivity index (χ2v) is 3.61. The third-order valence-corrected chi connectivity index (χ3v) is 2.55. The minimum atomic E-state index is 0.277. The van der Waals surface area contributed by atoms with Crippen LogP contribution in [0.1, 0.15) is 29.7 Å². The standard InChI is InChI=1S/C13H19N/c1-5-13(14-6-2)12-8-7-10(3)11(4)9-12/h5,7-9,13-14H,1,6H2,2-4H3. The van der Waals surface area contributed by atoms with Gasteiger partial charge in [-0.3, -0.25) is 0 Å². The van der Waals surface area contributed by atoms with Gasteiger partial charge in [0.15, 0.2) is 0 Å². The van der Waals surface area contributed by atoms with Crippen molar-refractivity contribution in [2.75, 3.05) is 6.54 Å². The maximum Gasteiger partial charge on any atom is 0.0503 e. The Hall–Kier alpha value is -1.08. The van der Waals surface area contributed by atoms with E-state index in [4.69, 9.17) is 0 Å². The fourth-order valence-corrected chi connectivity index (χ4v) is 1.52. The molecule has 1 nitrogen and oxygen atoms in total. The van der Waals surface area contributed by atoms with Crippen molar-refractivity contribution in [2.24, 2.45) is 0 Å². The number of aryl methyl sites for hydroxylation is 2. The summed E-state index contributed by atoms with van der Waals surface area (Å²) in [7, 11) is 0. The van der Waals surface area contributed by atoms with Crippen LogP contribution in [0, 0.1) is 13.8 Å². The predicted octanol–water partition coefficient (Wildman–Crippen LogP) is 3.14. The Morgan fingerprint density at radius 3 is 2.57 bits per heavy atom. The van der Waals surface area contributed by atoms with Gasteiger partial charge in [0, 0.05) is 0 Å². The van der Waals surface area contributed by atoms with E-state index in [0.29, 0.717) is 0 Å². The molecule has 1 unspecified atom stereocenters. The number of nitrogens with one attached hydrogen (secondary N) is 1. The number of likely N-dealkylation sites (N-methyl/N-ethyl adjacent to an activating group) is 1. The highest BCUT2D eigenvalue weighted by atomic mass is 14.9. The summed E-state index contributed by atoms with van der Waals surface area (Å²) in [5.41, 5.74) is 3.98. The predicted molar refractivity (Wildman–Crippen MR) is 62.5 cm³/mol. The van der Waals surface area contributed by atoms with Crippen LogP contribution in [0.5, 0.6) is 0 Å². The van der Waals surface area contributed by atoms with Crippen molar-refractivity contribution in [3.05, 3.63) is 47.5 Å². The number of hydrogen-bond acceptors (Lipinski definition) is 1. The van der Waals surface area contributed by atoms with Gasteiger partial charge < -0.3 is 5.32 Å². The molecule has 0 radical (unpaired) electrons. The lowest BCUT2D eigenvalue weighted by Crippen LogP contribution is -2.18. The van der Waals surface area contributed by atoms with Crippen molar-refractivity contribution in [2.45, 2.75) is 26.8 Å². The van der Waals surface area contributed by atoms with Gasteiger partial charge in [0.25, 0.3) is 0 Å². The Kier molecular flexibility index (Phi) is 3.90. The van der Waals surface area contributed by atoms with Gasteiger partial charge in [0.2, 0.25) is 0 Å². The molecule has 1 heteroatoms. The lowest BCUT2D eigenvalue weighted by molar-refractivity contribution is 0.648. The van der Waals surface area contributed by atoms with E-state index in [2.05, 4.69) is 50.9 Å². The van der Waals surface area contributed by atoms with E-state index in [1.54, 1.807) is 0 Å². The Morgan fingerprint density at radius 1 is 1.36 bits per heavy atom. The third-order valence-electron chi connectivity index (χ3n) is 2.55. The molecule has 0 saturated carbocycles. The monoisotopic (exact) mass is 189 g/mol. The average Bonchev–Trinajstić information content (AvgIpc) is 2.19.